The topological polar surface area (TPSA) is 81.9 Å². The van der Waals surface area contributed by atoms with Gasteiger partial charge in [0.15, 0.2) is 4.80 Å². The number of amides is 1. The Labute approximate surface area is 273 Å². The zero-order valence-electron chi connectivity index (χ0n) is 24.3. The van der Waals surface area contributed by atoms with Crippen LogP contribution in [0.3, 0.4) is 0 Å². The van der Waals surface area contributed by atoms with E-state index in [2.05, 4.69) is 5.32 Å². The third-order valence-corrected chi connectivity index (χ3v) is 8.89. The van der Waals surface area contributed by atoms with Crippen LogP contribution < -0.4 is 29.7 Å². The van der Waals surface area contributed by atoms with Crippen LogP contribution >= 0.6 is 34.5 Å². The lowest BCUT2D eigenvalue weighted by molar-refractivity contribution is -0.113. The molecule has 1 aliphatic heterocycles. The van der Waals surface area contributed by atoms with E-state index < -0.39 is 6.04 Å². The number of para-hydroxylation sites is 1. The number of ether oxygens (including phenoxy) is 2. The lowest BCUT2D eigenvalue weighted by Crippen LogP contribution is -2.40. The van der Waals surface area contributed by atoms with E-state index in [1.54, 1.807) is 30.7 Å². The second-order valence-corrected chi connectivity index (χ2v) is 12.1. The number of rotatable bonds is 8. The highest BCUT2D eigenvalue weighted by Gasteiger charge is 2.32. The summed E-state index contributed by atoms with van der Waals surface area (Å²) >= 11 is 13.5. The zero-order valence-corrected chi connectivity index (χ0v) is 26.6. The Morgan fingerprint density at radius 3 is 2.38 bits per heavy atom. The van der Waals surface area contributed by atoms with E-state index in [0.717, 1.165) is 16.7 Å². The molecule has 0 saturated carbocycles. The standard InChI is InChI=1S/C35H27Cl2N3O4S/c1-21-31(33(41)39-26-6-4-3-5-7-26)32(23-11-16-27(43-2)17-12-23)40-34(42)30(45-35(40)38-21)18-22-8-14-28(15-9-22)44-20-24-10-13-25(36)19-29(24)37/h3-19,32H,20H2,1-2H3,(H,39,41)/b30-18+/t32-/m0/s1. The first kappa shape index (κ1) is 30.4. The summed E-state index contributed by atoms with van der Waals surface area (Å²) in [6.45, 7) is 2.09. The van der Waals surface area contributed by atoms with Gasteiger partial charge in [0, 0.05) is 21.3 Å². The van der Waals surface area contributed by atoms with E-state index >= 15 is 0 Å². The lowest BCUT2D eigenvalue weighted by Gasteiger charge is -2.25. The second kappa shape index (κ2) is 13.2. The second-order valence-electron chi connectivity index (χ2n) is 10.3. The molecule has 0 fully saturated rings. The average molecular weight is 657 g/mol. The van der Waals surface area contributed by atoms with E-state index in [0.29, 0.717) is 54.4 Å². The highest BCUT2D eigenvalue weighted by molar-refractivity contribution is 7.07. The molecule has 5 aromatic rings. The van der Waals surface area contributed by atoms with Crippen molar-refractivity contribution < 1.29 is 14.3 Å². The van der Waals surface area contributed by atoms with Gasteiger partial charge in [-0.3, -0.25) is 14.2 Å². The number of methoxy groups -OCH3 is 1. The van der Waals surface area contributed by atoms with Crippen molar-refractivity contribution in [3.8, 4) is 11.5 Å². The summed E-state index contributed by atoms with van der Waals surface area (Å²) < 4.78 is 13.3. The van der Waals surface area contributed by atoms with E-state index in [1.807, 2.05) is 91.0 Å². The molecule has 1 aliphatic rings. The van der Waals surface area contributed by atoms with Crippen molar-refractivity contribution in [2.24, 2.45) is 4.99 Å². The molecule has 226 valence electrons. The summed E-state index contributed by atoms with van der Waals surface area (Å²) in [5.41, 5.74) is 3.75. The van der Waals surface area contributed by atoms with Crippen LogP contribution in [0.25, 0.3) is 6.08 Å². The quantitative estimate of drug-likeness (QED) is 0.200. The van der Waals surface area contributed by atoms with E-state index in [1.165, 1.54) is 11.3 Å². The number of nitrogens with zero attached hydrogens (tertiary/aromatic N) is 2. The molecule has 1 aromatic heterocycles. The molecular formula is C35H27Cl2N3O4S. The van der Waals surface area contributed by atoms with Gasteiger partial charge in [0.2, 0.25) is 0 Å². The molecule has 0 radical (unpaired) electrons. The fourth-order valence-electron chi connectivity index (χ4n) is 5.04. The summed E-state index contributed by atoms with van der Waals surface area (Å²) in [5.74, 6) is 1.00. The fourth-order valence-corrected chi connectivity index (χ4v) is 6.55. The highest BCUT2D eigenvalue weighted by Crippen LogP contribution is 2.32. The Bertz CT molecular complexity index is 2090. The minimum atomic E-state index is -0.687. The first-order chi connectivity index (χ1) is 21.8. The number of allylic oxidation sites excluding steroid dienone is 1. The van der Waals surface area contributed by atoms with Crippen LogP contribution in [0.2, 0.25) is 10.0 Å². The molecule has 0 unspecified atom stereocenters. The van der Waals surface area contributed by atoms with Gasteiger partial charge in [0.05, 0.1) is 29.0 Å². The monoisotopic (exact) mass is 655 g/mol. The van der Waals surface area contributed by atoms with Crippen molar-refractivity contribution in [1.29, 1.82) is 0 Å². The van der Waals surface area contributed by atoms with Crippen molar-refractivity contribution in [2.45, 2.75) is 19.6 Å². The molecule has 7 nitrogen and oxygen atoms in total. The Morgan fingerprint density at radius 2 is 1.69 bits per heavy atom. The number of anilines is 1. The maximum absolute atomic E-state index is 14.0. The number of carbonyl (C=O) groups excluding carboxylic acids is 1. The molecule has 0 saturated heterocycles. The smallest absolute Gasteiger partial charge is 0.271 e. The molecule has 0 aliphatic carbocycles. The number of nitrogens with one attached hydrogen (secondary N) is 1. The number of carbonyl (C=O) groups is 1. The molecule has 45 heavy (non-hydrogen) atoms. The maximum atomic E-state index is 14.0. The van der Waals surface area contributed by atoms with Crippen molar-refractivity contribution in [3.63, 3.8) is 0 Å². The van der Waals surface area contributed by atoms with Gasteiger partial charge in [-0.1, -0.05) is 83.1 Å². The molecule has 1 amide bonds. The zero-order chi connectivity index (χ0) is 31.5. The van der Waals surface area contributed by atoms with Crippen LogP contribution in [0.1, 0.15) is 29.7 Å². The summed E-state index contributed by atoms with van der Waals surface area (Å²) in [6.07, 6.45) is 1.82. The van der Waals surface area contributed by atoms with Crippen LogP contribution in [-0.4, -0.2) is 17.6 Å². The summed E-state index contributed by atoms with van der Waals surface area (Å²) in [4.78, 5) is 32.9. The Kier molecular flexibility index (Phi) is 8.89. The average Bonchev–Trinajstić information content (AvgIpc) is 3.34. The molecule has 1 atom stereocenters. The lowest BCUT2D eigenvalue weighted by atomic mass is 9.95. The summed E-state index contributed by atoms with van der Waals surface area (Å²) in [5, 5.41) is 4.07. The molecule has 1 N–H and O–H groups in total. The van der Waals surface area contributed by atoms with E-state index in [-0.39, 0.29) is 11.5 Å². The normalized spacial score (nSPS) is 14.5. The van der Waals surface area contributed by atoms with Gasteiger partial charge in [-0.2, -0.15) is 0 Å². The SMILES string of the molecule is COc1ccc([C@H]2C(C(=O)Nc3ccccc3)=C(C)N=c3s/c(=C/c4ccc(OCc5ccc(Cl)cc5Cl)cc4)c(=O)n32)cc1. The molecule has 2 heterocycles. The highest BCUT2D eigenvalue weighted by atomic mass is 35.5. The number of fused-ring (bicyclic) bond motifs is 1. The van der Waals surface area contributed by atoms with Crippen molar-refractivity contribution in [3.05, 3.63) is 155 Å². The van der Waals surface area contributed by atoms with Crippen molar-refractivity contribution >= 4 is 52.2 Å². The van der Waals surface area contributed by atoms with Gasteiger partial charge in [0.25, 0.3) is 11.5 Å². The number of thiazole rings is 1. The third-order valence-electron chi connectivity index (χ3n) is 7.32. The molecule has 0 spiro atoms. The Morgan fingerprint density at radius 1 is 0.978 bits per heavy atom. The maximum Gasteiger partial charge on any atom is 0.271 e. The van der Waals surface area contributed by atoms with Gasteiger partial charge in [-0.05, 0) is 72.7 Å². The van der Waals surface area contributed by atoms with E-state index in [4.69, 9.17) is 37.7 Å². The van der Waals surface area contributed by atoms with Crippen LogP contribution in [-0.2, 0) is 11.4 Å². The fraction of sp³-hybridized carbons (Fsp3) is 0.114. The first-order valence-electron chi connectivity index (χ1n) is 14.0. The molecule has 10 heteroatoms. The number of halogens is 2. The van der Waals surface area contributed by atoms with Gasteiger partial charge in [0.1, 0.15) is 18.1 Å². The Hall–Kier alpha value is -4.63. The Balaban J connectivity index is 1.33. The minimum Gasteiger partial charge on any atom is -0.497 e. The van der Waals surface area contributed by atoms with Crippen LogP contribution in [0.15, 0.2) is 118 Å². The minimum absolute atomic E-state index is 0.241. The van der Waals surface area contributed by atoms with Crippen molar-refractivity contribution in [2.75, 3.05) is 12.4 Å². The number of hydrogen-bond donors (Lipinski definition) is 1. The van der Waals surface area contributed by atoms with Crippen LogP contribution in [0.5, 0.6) is 11.5 Å². The van der Waals surface area contributed by atoms with E-state index in [9.17, 15) is 9.59 Å². The van der Waals surface area contributed by atoms with Crippen LogP contribution in [0.4, 0.5) is 5.69 Å². The van der Waals surface area contributed by atoms with Gasteiger partial charge < -0.3 is 14.8 Å². The molecule has 4 aromatic carbocycles. The summed E-state index contributed by atoms with van der Waals surface area (Å²) in [6, 6.07) is 28.6. The largest absolute Gasteiger partial charge is 0.497 e. The number of aromatic nitrogens is 1. The third kappa shape index (κ3) is 6.59. The predicted octanol–water partition coefficient (Wildman–Crippen LogP) is 6.77. The first-order valence-corrected chi connectivity index (χ1v) is 15.6. The predicted molar refractivity (Wildman–Crippen MR) is 179 cm³/mol. The van der Waals surface area contributed by atoms with Gasteiger partial charge in [-0.25, -0.2) is 4.99 Å². The number of hydrogen-bond acceptors (Lipinski definition) is 6. The molecular weight excluding hydrogens is 629 g/mol. The van der Waals surface area contributed by atoms with Gasteiger partial charge in [-0.15, -0.1) is 0 Å². The molecule has 6 rings (SSSR count). The molecule has 0 bridgehead atoms. The van der Waals surface area contributed by atoms with Crippen molar-refractivity contribution in [1.82, 2.24) is 4.57 Å². The van der Waals surface area contributed by atoms with Crippen LogP contribution in [0, 0.1) is 0 Å². The number of benzene rings is 4. The summed E-state index contributed by atoms with van der Waals surface area (Å²) in [7, 11) is 1.59. The van der Waals surface area contributed by atoms with Gasteiger partial charge >= 0.3 is 0 Å².